The largest absolute Gasteiger partial charge is 0.242 e. The van der Waals surface area contributed by atoms with E-state index in [-0.39, 0.29) is 16.0 Å². The van der Waals surface area contributed by atoms with E-state index in [0.717, 1.165) is 19.3 Å². The minimum atomic E-state index is -3.82. The van der Waals surface area contributed by atoms with Gasteiger partial charge in [0, 0.05) is 6.04 Å². The number of halogens is 3. The van der Waals surface area contributed by atoms with Gasteiger partial charge >= 0.3 is 0 Å². The van der Waals surface area contributed by atoms with E-state index in [1.165, 1.54) is 12.1 Å². The lowest BCUT2D eigenvalue weighted by molar-refractivity contribution is 0.537. The Labute approximate surface area is 122 Å². The Hall–Kier alpha value is -0.360. The zero-order valence-corrected chi connectivity index (χ0v) is 12.6. The van der Waals surface area contributed by atoms with Gasteiger partial charge in [-0.05, 0) is 37.3 Å². The van der Waals surface area contributed by atoms with E-state index in [2.05, 4.69) is 11.6 Å². The monoisotopic (exact) mass is 325 g/mol. The molecule has 1 aromatic carbocycles. The molecule has 3 nitrogen and oxygen atoms in total. The normalized spacial score (nSPS) is 23.8. The number of hydrogen-bond acceptors (Lipinski definition) is 2. The molecule has 0 aliphatic heterocycles. The summed E-state index contributed by atoms with van der Waals surface area (Å²) in [5.74, 6) is -0.420. The van der Waals surface area contributed by atoms with Gasteiger partial charge in [0.15, 0.2) is 5.82 Å². The van der Waals surface area contributed by atoms with Gasteiger partial charge in [0.25, 0.3) is 0 Å². The average Bonchev–Trinajstić information content (AvgIpc) is 2.70. The molecule has 0 saturated heterocycles. The fourth-order valence-corrected chi connectivity index (χ4v) is 4.34. The van der Waals surface area contributed by atoms with Crippen molar-refractivity contribution in [2.75, 3.05) is 0 Å². The number of hydrogen-bond donors (Lipinski definition) is 1. The SMILES string of the molecule is CC1CCC(NS(=O)(=O)c2ccc(Cl)c(F)c2Cl)C1. The number of benzene rings is 1. The molecule has 0 amide bonds. The quantitative estimate of drug-likeness (QED) is 0.863. The first-order valence-electron chi connectivity index (χ1n) is 5.97. The van der Waals surface area contributed by atoms with Crippen LogP contribution in [0.15, 0.2) is 17.0 Å². The summed E-state index contributed by atoms with van der Waals surface area (Å²) in [6.07, 6.45) is 2.55. The molecule has 0 spiro atoms. The lowest BCUT2D eigenvalue weighted by Crippen LogP contribution is -2.33. The van der Waals surface area contributed by atoms with Crippen LogP contribution in [-0.2, 0) is 10.0 Å². The Kier molecular flexibility index (Phi) is 4.40. The van der Waals surface area contributed by atoms with Gasteiger partial charge in [-0.15, -0.1) is 0 Å². The summed E-state index contributed by atoms with van der Waals surface area (Å²) in [7, 11) is -3.82. The molecule has 106 valence electrons. The van der Waals surface area contributed by atoms with Crippen molar-refractivity contribution >= 4 is 33.2 Å². The second kappa shape index (κ2) is 5.56. The van der Waals surface area contributed by atoms with Crippen LogP contribution in [0.1, 0.15) is 26.2 Å². The Morgan fingerprint density at radius 2 is 2.00 bits per heavy atom. The van der Waals surface area contributed by atoms with Crippen molar-refractivity contribution < 1.29 is 12.8 Å². The average molecular weight is 326 g/mol. The molecular formula is C12H14Cl2FNO2S. The predicted octanol–water partition coefficient (Wildman–Crippen LogP) is 3.60. The molecule has 1 saturated carbocycles. The molecule has 7 heteroatoms. The first kappa shape index (κ1) is 15.0. The maximum Gasteiger partial charge on any atom is 0.242 e. The van der Waals surface area contributed by atoms with Crippen LogP contribution in [-0.4, -0.2) is 14.5 Å². The van der Waals surface area contributed by atoms with Crippen molar-refractivity contribution in [1.82, 2.24) is 4.72 Å². The fraction of sp³-hybridized carbons (Fsp3) is 0.500. The van der Waals surface area contributed by atoms with Crippen molar-refractivity contribution in [3.8, 4) is 0 Å². The summed E-state index contributed by atoms with van der Waals surface area (Å²) in [6.45, 7) is 2.07. The molecule has 1 aliphatic rings. The Bertz CT molecular complexity index is 592. The highest BCUT2D eigenvalue weighted by Crippen LogP contribution is 2.31. The summed E-state index contributed by atoms with van der Waals surface area (Å²) < 4.78 is 40.5. The van der Waals surface area contributed by atoms with Gasteiger partial charge in [-0.2, -0.15) is 0 Å². The van der Waals surface area contributed by atoms with Crippen molar-refractivity contribution in [2.24, 2.45) is 5.92 Å². The van der Waals surface area contributed by atoms with Gasteiger partial charge in [0.1, 0.15) is 4.90 Å². The zero-order chi connectivity index (χ0) is 14.2. The van der Waals surface area contributed by atoms with Crippen LogP contribution in [0.3, 0.4) is 0 Å². The summed E-state index contributed by atoms with van der Waals surface area (Å²) >= 11 is 11.3. The molecule has 2 atom stereocenters. The van der Waals surface area contributed by atoms with Crippen LogP contribution < -0.4 is 4.72 Å². The molecule has 1 N–H and O–H groups in total. The topological polar surface area (TPSA) is 46.2 Å². The second-order valence-electron chi connectivity index (χ2n) is 4.91. The second-order valence-corrected chi connectivity index (χ2v) is 7.38. The van der Waals surface area contributed by atoms with Gasteiger partial charge < -0.3 is 0 Å². The highest BCUT2D eigenvalue weighted by molar-refractivity contribution is 7.89. The smallest absolute Gasteiger partial charge is 0.208 e. The van der Waals surface area contributed by atoms with E-state index in [1.807, 2.05) is 0 Å². The lowest BCUT2D eigenvalue weighted by Gasteiger charge is -2.14. The third-order valence-electron chi connectivity index (χ3n) is 3.31. The third-order valence-corrected chi connectivity index (χ3v) is 5.64. The van der Waals surface area contributed by atoms with Crippen LogP contribution >= 0.6 is 23.2 Å². The molecule has 1 aromatic rings. The molecule has 0 aromatic heterocycles. The van der Waals surface area contributed by atoms with Crippen molar-refractivity contribution in [1.29, 1.82) is 0 Å². The summed E-state index contributed by atoms with van der Waals surface area (Å²) in [6, 6.07) is 2.29. The molecular weight excluding hydrogens is 312 g/mol. The van der Waals surface area contributed by atoms with Crippen molar-refractivity contribution in [3.05, 3.63) is 28.0 Å². The number of sulfonamides is 1. The Morgan fingerprint density at radius 3 is 2.58 bits per heavy atom. The van der Waals surface area contributed by atoms with Crippen molar-refractivity contribution in [2.45, 2.75) is 37.1 Å². The highest BCUT2D eigenvalue weighted by Gasteiger charge is 2.28. The van der Waals surface area contributed by atoms with Crippen LogP contribution in [0, 0.1) is 11.7 Å². The summed E-state index contributed by atoms with van der Waals surface area (Å²) in [5.41, 5.74) is 0. The Balaban J connectivity index is 2.27. The summed E-state index contributed by atoms with van der Waals surface area (Å²) in [4.78, 5) is -0.268. The van der Waals surface area contributed by atoms with Gasteiger partial charge in [-0.25, -0.2) is 17.5 Å². The third kappa shape index (κ3) is 3.21. The van der Waals surface area contributed by atoms with E-state index in [9.17, 15) is 12.8 Å². The molecule has 0 radical (unpaired) electrons. The first-order valence-corrected chi connectivity index (χ1v) is 8.21. The Morgan fingerprint density at radius 1 is 1.32 bits per heavy atom. The van der Waals surface area contributed by atoms with Crippen LogP contribution in [0.5, 0.6) is 0 Å². The molecule has 2 rings (SSSR count). The molecule has 1 fully saturated rings. The van der Waals surface area contributed by atoms with E-state index in [0.29, 0.717) is 5.92 Å². The maximum absolute atomic E-state index is 13.5. The number of rotatable bonds is 3. The highest BCUT2D eigenvalue weighted by atomic mass is 35.5. The fourth-order valence-electron chi connectivity index (χ4n) is 2.31. The molecule has 1 aliphatic carbocycles. The van der Waals surface area contributed by atoms with E-state index in [1.54, 1.807) is 0 Å². The molecule has 19 heavy (non-hydrogen) atoms. The zero-order valence-electron chi connectivity index (χ0n) is 10.3. The molecule has 2 unspecified atom stereocenters. The van der Waals surface area contributed by atoms with E-state index < -0.39 is 20.9 Å². The molecule has 0 bridgehead atoms. The minimum absolute atomic E-state index is 0.116. The van der Waals surface area contributed by atoms with E-state index in [4.69, 9.17) is 23.2 Å². The van der Waals surface area contributed by atoms with Crippen LogP contribution in [0.25, 0.3) is 0 Å². The van der Waals surface area contributed by atoms with Crippen LogP contribution in [0.4, 0.5) is 4.39 Å². The summed E-state index contributed by atoms with van der Waals surface area (Å²) in [5, 5.41) is -0.663. The van der Waals surface area contributed by atoms with E-state index >= 15 is 0 Å². The standard InChI is InChI=1S/C12H14Cl2FNO2S/c1-7-2-3-8(6-7)16-19(17,18)10-5-4-9(13)12(15)11(10)14/h4-5,7-8,16H,2-3,6H2,1H3. The number of nitrogens with one attached hydrogen (secondary N) is 1. The van der Waals surface area contributed by atoms with Gasteiger partial charge in [-0.1, -0.05) is 30.1 Å². The van der Waals surface area contributed by atoms with Crippen LogP contribution in [0.2, 0.25) is 10.0 Å². The van der Waals surface area contributed by atoms with Gasteiger partial charge in [-0.3, -0.25) is 0 Å². The van der Waals surface area contributed by atoms with Crippen molar-refractivity contribution in [3.63, 3.8) is 0 Å². The first-order chi connectivity index (χ1) is 8.81. The lowest BCUT2D eigenvalue weighted by atomic mass is 10.1. The van der Waals surface area contributed by atoms with Gasteiger partial charge in [0.2, 0.25) is 10.0 Å². The van der Waals surface area contributed by atoms with Gasteiger partial charge in [0.05, 0.1) is 10.0 Å². The maximum atomic E-state index is 13.5. The minimum Gasteiger partial charge on any atom is -0.208 e. The molecule has 0 heterocycles. The predicted molar refractivity (Wildman–Crippen MR) is 73.5 cm³/mol.